The molecule has 0 bridgehead atoms. The van der Waals surface area contributed by atoms with Crippen LogP contribution in [-0.2, 0) is 89.3 Å². The molecule has 0 saturated heterocycles. The van der Waals surface area contributed by atoms with Gasteiger partial charge in [0.1, 0.15) is 16.3 Å². The number of carbonyl (C=O) groups excluding carboxylic acids is 2. The van der Waals surface area contributed by atoms with Crippen LogP contribution in [0.5, 0.6) is 0 Å². The van der Waals surface area contributed by atoms with Crippen LogP contribution in [0, 0.1) is 0 Å². The summed E-state index contributed by atoms with van der Waals surface area (Å²) in [5.74, 6) is -0.328. The first-order valence-corrected chi connectivity index (χ1v) is 38.6. The third-order valence-corrected chi connectivity index (χ3v) is 20.9. The number of rotatable bonds is 43. The van der Waals surface area contributed by atoms with E-state index in [9.17, 15) is 61.5 Å². The molecule has 0 atom stereocenters. The van der Waals surface area contributed by atoms with E-state index in [1.54, 1.807) is 12.1 Å². The van der Waals surface area contributed by atoms with Gasteiger partial charge in [-0.1, -0.05) is 60.3 Å². The minimum atomic E-state index is -5.11. The third kappa shape index (κ3) is 21.8. The average molecular weight is 1490 g/mol. The predicted molar refractivity (Wildman–Crippen MR) is 374 cm³/mol. The SMILES string of the molecule is CC1(C)C(/C=C/C2=C(Cl)C(=C/C=C3/N(CCCCCC(=O)NCCOCCOCCOCCN=[N+]=[N-])c4ccc5cc(S(=O)(=O)O)cc(S(=O)(=O)O)c5c4C3(C)C)/CC2)=[N+](CCCCCC(=O)NCCOCCOCCOCCN=[N+]=[N-])c2ccc3cc(S(=O)(=O)O)cc(S(=O)(=O)O)c3c21. The lowest BCUT2D eigenvalue weighted by Crippen LogP contribution is -2.28. The average Bonchev–Trinajstić information content (AvgIpc) is 1.53. The summed E-state index contributed by atoms with van der Waals surface area (Å²) >= 11 is 7.33. The van der Waals surface area contributed by atoms with Gasteiger partial charge in [-0.25, -0.2) is 0 Å². The highest BCUT2D eigenvalue weighted by atomic mass is 35.5. The van der Waals surface area contributed by atoms with E-state index in [4.69, 9.17) is 51.1 Å². The van der Waals surface area contributed by atoms with Crippen molar-refractivity contribution in [2.75, 3.05) is 123 Å². The molecule has 2 amide bonds. The number of unbranched alkanes of at least 4 members (excludes halogenated alkanes) is 4. The Morgan fingerprint density at radius 3 is 1.54 bits per heavy atom. The standard InChI is InChI=1S/C65H85ClN10O20S4/c1-64(2)55(75(51-19-15-47-41-49(97(79,80)81)43-53(99(85,86)87)59(47)61(51)64)27-9-5-7-11-57(77)69-23-29-91-33-37-95-39-35-93-31-25-71-73-67)21-17-45-13-14-46(63(45)66)18-22-56-65(3,4)62-52(20-16-48-42-50(98(82,83)84)44-54(60(48)62)100(88,89)90)76(56)28-10-6-8-12-58(78)70-24-30-92-34-38-96-40-36-94-32-26-72-74-68/h15-22,41-44H,5-14,23-40H2,1-4H3,(H5-,69,70,77,78,79,80,81,82,83,84,85,86,87,88,89,90)/p+1. The Morgan fingerprint density at radius 2 is 1.05 bits per heavy atom. The second kappa shape index (κ2) is 36.8. The van der Waals surface area contributed by atoms with Gasteiger partial charge >= 0.3 is 0 Å². The summed E-state index contributed by atoms with van der Waals surface area (Å²) in [7, 11) is -20.1. The number of benzene rings is 4. The van der Waals surface area contributed by atoms with Gasteiger partial charge in [0.15, 0.2) is 5.71 Å². The Balaban J connectivity index is 1.10. The molecule has 100 heavy (non-hydrogen) atoms. The molecule has 0 spiro atoms. The molecule has 0 fully saturated rings. The van der Waals surface area contributed by atoms with Crippen LogP contribution in [0.2, 0.25) is 0 Å². The number of halogens is 1. The van der Waals surface area contributed by atoms with Crippen molar-refractivity contribution in [2.45, 2.75) is 122 Å². The summed E-state index contributed by atoms with van der Waals surface area (Å²) in [6, 6.07) is 10.2. The first-order chi connectivity index (χ1) is 47.4. The summed E-state index contributed by atoms with van der Waals surface area (Å²) in [5, 5.41) is 13.3. The number of carbonyl (C=O) groups is 2. The first-order valence-electron chi connectivity index (χ1n) is 32.5. The lowest BCUT2D eigenvalue weighted by molar-refractivity contribution is -0.438. The van der Waals surface area contributed by atoms with Crippen molar-refractivity contribution in [3.63, 3.8) is 0 Å². The van der Waals surface area contributed by atoms with Crippen LogP contribution in [0.1, 0.15) is 103 Å². The molecule has 30 nitrogen and oxygen atoms in total. The van der Waals surface area contributed by atoms with E-state index in [-0.39, 0.29) is 85.6 Å². The number of fused-ring (bicyclic) bond motifs is 6. The van der Waals surface area contributed by atoms with Gasteiger partial charge in [-0.15, -0.1) is 0 Å². The molecule has 2 aliphatic heterocycles. The van der Waals surface area contributed by atoms with Crippen LogP contribution in [0.15, 0.2) is 125 Å². The maximum atomic E-state index is 13.2. The lowest BCUT2D eigenvalue weighted by atomic mass is 9.79. The molecular formula is C65H86ClN10O20S4+. The van der Waals surface area contributed by atoms with Gasteiger partial charge in [0.05, 0.1) is 94.5 Å². The second-order valence-electron chi connectivity index (χ2n) is 24.6. The summed E-state index contributed by atoms with van der Waals surface area (Å²) in [6.45, 7) is 13.0. The molecule has 546 valence electrons. The van der Waals surface area contributed by atoms with E-state index < -0.39 is 70.9 Å². The van der Waals surface area contributed by atoms with Crippen molar-refractivity contribution in [1.82, 2.24) is 10.6 Å². The number of hydrogen-bond donors (Lipinski definition) is 6. The van der Waals surface area contributed by atoms with E-state index in [0.717, 1.165) is 35.4 Å². The number of azide groups is 2. The molecule has 0 unspecified atom stereocenters. The van der Waals surface area contributed by atoms with Crippen molar-refractivity contribution in [3.05, 3.63) is 127 Å². The van der Waals surface area contributed by atoms with Crippen LogP contribution >= 0.6 is 11.6 Å². The van der Waals surface area contributed by atoms with Crippen molar-refractivity contribution in [3.8, 4) is 0 Å². The molecule has 1 aliphatic carbocycles. The fraction of sp³-hybridized carbons (Fsp3) is 0.523. The fourth-order valence-corrected chi connectivity index (χ4v) is 15.4. The van der Waals surface area contributed by atoms with Crippen molar-refractivity contribution < 1.29 is 94.5 Å². The van der Waals surface area contributed by atoms with E-state index in [0.29, 0.717) is 169 Å². The zero-order valence-electron chi connectivity index (χ0n) is 56.1. The zero-order valence-corrected chi connectivity index (χ0v) is 60.2. The number of ether oxygens (including phenoxy) is 6. The smallest absolute Gasteiger partial charge is 0.295 e. The summed E-state index contributed by atoms with van der Waals surface area (Å²) in [4.78, 5) is 30.1. The third-order valence-electron chi connectivity index (χ3n) is 17.0. The van der Waals surface area contributed by atoms with Crippen molar-refractivity contribution >= 4 is 103 Å². The molecule has 0 radical (unpaired) electrons. The minimum absolute atomic E-state index is 0.0533. The first kappa shape index (κ1) is 80.4. The number of allylic oxidation sites excluding steroid dienone is 8. The number of nitrogens with zero attached hydrogens (tertiary/aromatic N) is 8. The van der Waals surface area contributed by atoms with Gasteiger partial charge < -0.3 is 44.0 Å². The highest BCUT2D eigenvalue weighted by Crippen LogP contribution is 2.53. The van der Waals surface area contributed by atoms with Crippen LogP contribution in [0.25, 0.3) is 42.4 Å². The molecule has 2 heterocycles. The normalized spacial score (nSPS) is 16.1. The summed E-state index contributed by atoms with van der Waals surface area (Å²) in [6.07, 6.45) is 12.3. The van der Waals surface area contributed by atoms with Crippen LogP contribution in [0.4, 0.5) is 11.4 Å². The Morgan fingerprint density at radius 1 is 0.580 bits per heavy atom. The summed E-state index contributed by atoms with van der Waals surface area (Å²) < 4.78 is 179. The van der Waals surface area contributed by atoms with Crippen LogP contribution < -0.4 is 15.5 Å². The molecule has 3 aliphatic rings. The van der Waals surface area contributed by atoms with Gasteiger partial charge in [-0.05, 0) is 133 Å². The minimum Gasteiger partial charge on any atom is -0.379 e. The maximum Gasteiger partial charge on any atom is 0.295 e. The number of nitrogens with one attached hydrogen (secondary N) is 2. The fourth-order valence-electron chi connectivity index (χ4n) is 12.4. The molecule has 6 N–H and O–H groups in total. The number of anilines is 1. The van der Waals surface area contributed by atoms with Gasteiger partial charge in [-0.3, -0.25) is 27.8 Å². The van der Waals surface area contributed by atoms with Crippen LogP contribution in [-0.4, -0.2) is 193 Å². The molecule has 7 rings (SSSR count). The predicted octanol–water partition coefficient (Wildman–Crippen LogP) is 9.88. The van der Waals surface area contributed by atoms with Crippen molar-refractivity contribution in [2.24, 2.45) is 10.2 Å². The number of hydrogen-bond acceptors (Lipinski definition) is 19. The Labute approximate surface area is 587 Å². The highest BCUT2D eigenvalue weighted by molar-refractivity contribution is 7.87. The van der Waals surface area contributed by atoms with Crippen LogP contribution in [0.3, 0.4) is 0 Å². The topological polar surface area (TPSA) is 435 Å². The molecule has 0 aromatic heterocycles. The van der Waals surface area contributed by atoms with E-state index in [1.807, 2.05) is 61.5 Å². The quantitative estimate of drug-likeness (QED) is 0.00599. The number of amides is 2. The molecule has 4 aromatic carbocycles. The van der Waals surface area contributed by atoms with Gasteiger partial charge in [-0.2, -0.15) is 38.2 Å². The molecule has 0 saturated carbocycles. The van der Waals surface area contributed by atoms with E-state index >= 15 is 0 Å². The second-order valence-corrected chi connectivity index (χ2v) is 30.6. The van der Waals surface area contributed by atoms with Gasteiger partial charge in [0.2, 0.25) is 17.5 Å². The van der Waals surface area contributed by atoms with E-state index in [1.165, 1.54) is 12.1 Å². The van der Waals surface area contributed by atoms with Gasteiger partial charge in [0, 0.05) is 112 Å². The molecule has 4 aromatic rings. The Kier molecular flexibility index (Phi) is 29.6. The van der Waals surface area contributed by atoms with E-state index in [2.05, 4.69) is 30.7 Å². The Bertz CT molecular complexity index is 4400. The zero-order chi connectivity index (χ0) is 72.9. The molecular weight excluding hydrogens is 1400 g/mol. The highest BCUT2D eigenvalue weighted by Gasteiger charge is 2.47. The maximum absolute atomic E-state index is 13.2. The molecule has 35 heteroatoms. The Hall–Kier alpha value is -6.92. The summed E-state index contributed by atoms with van der Waals surface area (Å²) in [5.41, 5.74) is 19.5. The van der Waals surface area contributed by atoms with Crippen molar-refractivity contribution in [1.29, 1.82) is 0 Å². The monoisotopic (exact) mass is 1490 g/mol. The lowest BCUT2D eigenvalue weighted by Gasteiger charge is -2.27. The van der Waals surface area contributed by atoms with Gasteiger partial charge in [0.25, 0.3) is 40.5 Å². The largest absolute Gasteiger partial charge is 0.379 e.